The van der Waals surface area contributed by atoms with Gasteiger partial charge in [0.1, 0.15) is 6.23 Å². The van der Waals surface area contributed by atoms with Crippen LogP contribution in [0.3, 0.4) is 0 Å². The molecule has 0 spiro atoms. The molecule has 1 heterocycles. The summed E-state index contributed by atoms with van der Waals surface area (Å²) in [5.74, 6) is -0.0879. The van der Waals surface area contributed by atoms with Crippen molar-refractivity contribution in [2.24, 2.45) is 0 Å². The number of hydrogen-bond donors (Lipinski definition) is 1. The maximum Gasteiger partial charge on any atom is 0.247 e. The summed E-state index contributed by atoms with van der Waals surface area (Å²) in [6, 6.07) is 19.3. The van der Waals surface area contributed by atoms with Crippen LogP contribution in [0.15, 0.2) is 60.7 Å². The molecule has 4 nitrogen and oxygen atoms in total. The van der Waals surface area contributed by atoms with Gasteiger partial charge in [-0.1, -0.05) is 48.5 Å². The first kappa shape index (κ1) is 13.6. The number of para-hydroxylation sites is 1. The zero-order valence-corrected chi connectivity index (χ0v) is 11.7. The number of amides is 1. The quantitative estimate of drug-likeness (QED) is 0.938. The molecular weight excluding hydrogens is 264 g/mol. The maximum absolute atomic E-state index is 12.5. The first-order chi connectivity index (χ1) is 10.3. The number of aliphatic hydroxyl groups excluding tert-OH is 1. The second-order valence-corrected chi connectivity index (χ2v) is 5.13. The van der Waals surface area contributed by atoms with Crippen molar-refractivity contribution in [3.8, 4) is 0 Å². The van der Waals surface area contributed by atoms with E-state index >= 15 is 0 Å². The fraction of sp³-hybridized carbons (Fsp3) is 0.235. The van der Waals surface area contributed by atoms with Crippen molar-refractivity contribution in [1.29, 1.82) is 0 Å². The minimum absolute atomic E-state index is 0.0879. The average molecular weight is 282 g/mol. The van der Waals surface area contributed by atoms with Crippen LogP contribution in [0, 0.1) is 0 Å². The Balaban J connectivity index is 1.79. The van der Waals surface area contributed by atoms with Crippen LogP contribution < -0.4 is 5.01 Å². The van der Waals surface area contributed by atoms with Gasteiger partial charge in [0.2, 0.25) is 5.91 Å². The monoisotopic (exact) mass is 282 g/mol. The SMILES string of the molecule is O=C(Cc1ccccc1)N1C(O)CCN1c1ccccc1. The van der Waals surface area contributed by atoms with Gasteiger partial charge in [-0.2, -0.15) is 0 Å². The third-order valence-electron chi connectivity index (χ3n) is 3.65. The smallest absolute Gasteiger partial charge is 0.247 e. The van der Waals surface area contributed by atoms with E-state index in [1.165, 1.54) is 5.01 Å². The van der Waals surface area contributed by atoms with Gasteiger partial charge in [0.15, 0.2) is 0 Å². The highest BCUT2D eigenvalue weighted by molar-refractivity contribution is 5.81. The molecule has 2 aromatic carbocycles. The summed E-state index contributed by atoms with van der Waals surface area (Å²) in [5.41, 5.74) is 1.88. The largest absolute Gasteiger partial charge is 0.372 e. The fourth-order valence-electron chi connectivity index (χ4n) is 2.63. The van der Waals surface area contributed by atoms with Gasteiger partial charge in [-0.05, 0) is 17.7 Å². The van der Waals surface area contributed by atoms with Gasteiger partial charge in [-0.15, -0.1) is 0 Å². The average Bonchev–Trinajstić information content (AvgIpc) is 2.91. The topological polar surface area (TPSA) is 43.8 Å². The van der Waals surface area contributed by atoms with Gasteiger partial charge in [0.25, 0.3) is 0 Å². The predicted octanol–water partition coefficient (Wildman–Crippen LogP) is 2.20. The molecule has 2 aromatic rings. The normalized spacial score (nSPS) is 18.0. The third kappa shape index (κ3) is 2.90. The highest BCUT2D eigenvalue weighted by atomic mass is 16.3. The van der Waals surface area contributed by atoms with Crippen LogP contribution in [-0.2, 0) is 11.2 Å². The molecule has 1 fully saturated rings. The van der Waals surface area contributed by atoms with Crippen molar-refractivity contribution < 1.29 is 9.90 Å². The fourth-order valence-corrected chi connectivity index (χ4v) is 2.63. The Kier molecular flexibility index (Phi) is 3.88. The third-order valence-corrected chi connectivity index (χ3v) is 3.65. The molecule has 4 heteroatoms. The molecule has 1 saturated heterocycles. The summed E-state index contributed by atoms with van der Waals surface area (Å²) in [7, 11) is 0. The summed E-state index contributed by atoms with van der Waals surface area (Å²) < 4.78 is 0. The van der Waals surface area contributed by atoms with Gasteiger partial charge in [0, 0.05) is 13.0 Å². The van der Waals surface area contributed by atoms with E-state index in [-0.39, 0.29) is 5.91 Å². The number of aliphatic hydroxyl groups is 1. The van der Waals surface area contributed by atoms with Crippen LogP contribution in [0.4, 0.5) is 5.69 Å². The van der Waals surface area contributed by atoms with Crippen LogP contribution >= 0.6 is 0 Å². The Morgan fingerprint density at radius 2 is 1.67 bits per heavy atom. The van der Waals surface area contributed by atoms with Gasteiger partial charge in [0.05, 0.1) is 12.1 Å². The number of anilines is 1. The van der Waals surface area contributed by atoms with Crippen molar-refractivity contribution >= 4 is 11.6 Å². The summed E-state index contributed by atoms with van der Waals surface area (Å²) >= 11 is 0. The number of benzene rings is 2. The molecule has 1 aliphatic rings. The Hall–Kier alpha value is -2.33. The number of hydrogen-bond acceptors (Lipinski definition) is 3. The number of carbonyl (C=O) groups excluding carboxylic acids is 1. The highest BCUT2D eigenvalue weighted by Gasteiger charge is 2.34. The van der Waals surface area contributed by atoms with E-state index in [9.17, 15) is 9.90 Å². The molecule has 0 radical (unpaired) electrons. The zero-order valence-electron chi connectivity index (χ0n) is 11.7. The minimum Gasteiger partial charge on any atom is -0.372 e. The molecule has 0 bridgehead atoms. The molecule has 0 saturated carbocycles. The molecule has 0 aromatic heterocycles. The molecular formula is C17H18N2O2. The number of nitrogens with zero attached hydrogens (tertiary/aromatic N) is 2. The van der Waals surface area contributed by atoms with Crippen molar-refractivity contribution in [2.45, 2.75) is 19.1 Å². The van der Waals surface area contributed by atoms with Crippen LogP contribution in [0.25, 0.3) is 0 Å². The van der Waals surface area contributed by atoms with Crippen LogP contribution in [0.5, 0.6) is 0 Å². The van der Waals surface area contributed by atoms with E-state index in [4.69, 9.17) is 0 Å². The summed E-state index contributed by atoms with van der Waals surface area (Å²) in [6.07, 6.45) is 0.109. The highest BCUT2D eigenvalue weighted by Crippen LogP contribution is 2.25. The zero-order chi connectivity index (χ0) is 14.7. The van der Waals surface area contributed by atoms with E-state index in [0.29, 0.717) is 19.4 Å². The molecule has 1 aliphatic heterocycles. The second kappa shape index (κ2) is 5.97. The molecule has 21 heavy (non-hydrogen) atoms. The Morgan fingerprint density at radius 3 is 2.33 bits per heavy atom. The second-order valence-electron chi connectivity index (χ2n) is 5.13. The lowest BCUT2D eigenvalue weighted by Crippen LogP contribution is -2.46. The lowest BCUT2D eigenvalue weighted by Gasteiger charge is -2.31. The lowest BCUT2D eigenvalue weighted by atomic mass is 10.1. The molecule has 1 unspecified atom stereocenters. The molecule has 1 N–H and O–H groups in total. The molecule has 108 valence electrons. The van der Waals surface area contributed by atoms with Gasteiger partial charge in [-0.25, -0.2) is 5.01 Å². The number of rotatable bonds is 3. The van der Waals surface area contributed by atoms with E-state index in [0.717, 1.165) is 11.3 Å². The molecule has 1 atom stereocenters. The van der Waals surface area contributed by atoms with Gasteiger partial charge in [-0.3, -0.25) is 9.80 Å². The molecule has 3 rings (SSSR count). The minimum atomic E-state index is -0.749. The van der Waals surface area contributed by atoms with Gasteiger partial charge < -0.3 is 5.11 Å². The lowest BCUT2D eigenvalue weighted by molar-refractivity contribution is -0.138. The summed E-state index contributed by atoms with van der Waals surface area (Å²) in [5, 5.41) is 13.5. The van der Waals surface area contributed by atoms with Crippen molar-refractivity contribution in [2.75, 3.05) is 11.6 Å². The molecule has 1 amide bonds. The Labute approximate surface area is 124 Å². The first-order valence-electron chi connectivity index (χ1n) is 7.12. The van der Waals surface area contributed by atoms with E-state index in [1.807, 2.05) is 65.7 Å². The van der Waals surface area contributed by atoms with Crippen LogP contribution in [-0.4, -0.2) is 28.8 Å². The van der Waals surface area contributed by atoms with E-state index in [2.05, 4.69) is 0 Å². The first-order valence-corrected chi connectivity index (χ1v) is 7.12. The summed E-state index contributed by atoms with van der Waals surface area (Å²) in [4.78, 5) is 12.5. The number of hydrazine groups is 1. The number of carbonyl (C=O) groups is 1. The molecule has 0 aliphatic carbocycles. The van der Waals surface area contributed by atoms with Crippen molar-refractivity contribution in [3.63, 3.8) is 0 Å². The van der Waals surface area contributed by atoms with Crippen LogP contribution in [0.2, 0.25) is 0 Å². The standard InChI is InChI=1S/C17H18N2O2/c20-16-11-12-18(15-9-5-2-6-10-15)19(16)17(21)13-14-7-3-1-4-8-14/h1-10,16,20H,11-13H2. The van der Waals surface area contributed by atoms with Crippen LogP contribution in [0.1, 0.15) is 12.0 Å². The van der Waals surface area contributed by atoms with E-state index in [1.54, 1.807) is 0 Å². The van der Waals surface area contributed by atoms with Crippen molar-refractivity contribution in [1.82, 2.24) is 5.01 Å². The van der Waals surface area contributed by atoms with Crippen molar-refractivity contribution in [3.05, 3.63) is 66.2 Å². The predicted molar refractivity (Wildman–Crippen MR) is 81.4 cm³/mol. The van der Waals surface area contributed by atoms with E-state index < -0.39 is 6.23 Å². The summed E-state index contributed by atoms with van der Waals surface area (Å²) in [6.45, 7) is 0.645. The maximum atomic E-state index is 12.5. The Bertz CT molecular complexity index is 601. The Morgan fingerprint density at radius 1 is 1.05 bits per heavy atom. The van der Waals surface area contributed by atoms with Gasteiger partial charge >= 0.3 is 0 Å².